The molecule has 2 aromatic rings. The number of rotatable bonds is 3. The molecule has 7 heteroatoms. The molecule has 1 aliphatic heterocycles. The Morgan fingerprint density at radius 1 is 1.00 bits per heavy atom. The average Bonchev–Trinajstić information content (AvgIpc) is 2.51. The molecular formula is C14H12ClNO4S. The molecule has 1 heterocycles. The summed E-state index contributed by atoms with van der Waals surface area (Å²) in [4.78, 5) is 1.98. The van der Waals surface area contributed by atoms with E-state index in [4.69, 9.17) is 16.0 Å². The molecule has 21 heavy (non-hydrogen) atoms. The van der Waals surface area contributed by atoms with Gasteiger partial charge in [0.15, 0.2) is 0 Å². The van der Waals surface area contributed by atoms with Gasteiger partial charge in [-0.1, -0.05) is 36.4 Å². The highest BCUT2D eigenvalue weighted by molar-refractivity contribution is 7.82. The van der Waals surface area contributed by atoms with E-state index in [0.29, 0.717) is 0 Å². The van der Waals surface area contributed by atoms with Crippen LogP contribution in [0.15, 0.2) is 48.5 Å². The first-order valence-electron chi connectivity index (χ1n) is 6.18. The van der Waals surface area contributed by atoms with Gasteiger partial charge >= 0.3 is 10.4 Å². The molecule has 0 saturated carbocycles. The number of fused-ring (bicyclic) bond motifs is 2. The summed E-state index contributed by atoms with van der Waals surface area (Å²) < 4.78 is 32.2. The van der Waals surface area contributed by atoms with Gasteiger partial charge in [-0.05, 0) is 12.1 Å². The molecule has 0 aromatic heterocycles. The van der Waals surface area contributed by atoms with Gasteiger partial charge in [-0.15, -0.1) is 3.74 Å². The first-order chi connectivity index (χ1) is 10.0. The van der Waals surface area contributed by atoms with Crippen molar-refractivity contribution in [2.75, 3.05) is 11.9 Å². The van der Waals surface area contributed by atoms with Crippen LogP contribution in [-0.4, -0.2) is 15.5 Å². The lowest BCUT2D eigenvalue weighted by atomic mass is 9.93. The molecule has 1 aliphatic rings. The van der Waals surface area contributed by atoms with Gasteiger partial charge in [0.05, 0.1) is 11.9 Å². The number of hydrogen-bond donors (Lipinski definition) is 0. The van der Waals surface area contributed by atoms with E-state index in [0.717, 1.165) is 22.5 Å². The summed E-state index contributed by atoms with van der Waals surface area (Å²) in [6.45, 7) is 0. The van der Waals surface area contributed by atoms with Gasteiger partial charge in [-0.2, -0.15) is 8.42 Å². The Labute approximate surface area is 128 Å². The molecule has 0 spiro atoms. The Morgan fingerprint density at radius 3 is 1.95 bits per heavy atom. The molecule has 0 N–H and O–H groups in total. The van der Waals surface area contributed by atoms with Crippen LogP contribution in [0.3, 0.4) is 0 Å². The Morgan fingerprint density at radius 2 is 1.48 bits per heavy atom. The summed E-state index contributed by atoms with van der Waals surface area (Å²) >= 11 is 4.97. The van der Waals surface area contributed by atoms with Gasteiger partial charge < -0.3 is 4.90 Å². The zero-order valence-electron chi connectivity index (χ0n) is 11.1. The standard InChI is InChI=1S/C14H12ClNO4S/c1-16-12-8-4-2-6-10(12)14(19-21(17,18)20-15)11-7-3-5-9-13(11)16/h2-9,14H,1H3. The van der Waals surface area contributed by atoms with Gasteiger partial charge in [0.25, 0.3) is 0 Å². The van der Waals surface area contributed by atoms with Crippen molar-refractivity contribution in [1.82, 2.24) is 0 Å². The largest absolute Gasteiger partial charge is 0.417 e. The van der Waals surface area contributed by atoms with E-state index in [2.05, 4.69) is 3.74 Å². The molecular weight excluding hydrogens is 314 g/mol. The minimum Gasteiger partial charge on any atom is -0.344 e. The summed E-state index contributed by atoms with van der Waals surface area (Å²) in [5.41, 5.74) is 3.20. The van der Waals surface area contributed by atoms with Gasteiger partial charge in [-0.25, -0.2) is 4.18 Å². The van der Waals surface area contributed by atoms with Crippen molar-refractivity contribution in [3.8, 4) is 0 Å². The third-order valence-electron chi connectivity index (χ3n) is 3.45. The van der Waals surface area contributed by atoms with Crippen molar-refractivity contribution >= 4 is 33.6 Å². The van der Waals surface area contributed by atoms with E-state index in [1.807, 2.05) is 60.5 Å². The maximum absolute atomic E-state index is 11.6. The predicted molar refractivity (Wildman–Crippen MR) is 79.7 cm³/mol. The van der Waals surface area contributed by atoms with Crippen LogP contribution in [0.25, 0.3) is 0 Å². The molecule has 0 fully saturated rings. The number of anilines is 2. The number of nitrogens with zero attached hydrogens (tertiary/aromatic N) is 1. The van der Waals surface area contributed by atoms with Crippen molar-refractivity contribution in [2.45, 2.75) is 6.10 Å². The van der Waals surface area contributed by atoms with Crippen LogP contribution in [0.2, 0.25) is 0 Å². The number of benzene rings is 2. The maximum atomic E-state index is 11.6. The molecule has 0 amide bonds. The molecule has 0 bridgehead atoms. The van der Waals surface area contributed by atoms with E-state index in [1.165, 1.54) is 0 Å². The molecule has 3 rings (SSSR count). The lowest BCUT2D eigenvalue weighted by Gasteiger charge is -2.34. The van der Waals surface area contributed by atoms with E-state index in [1.54, 1.807) is 0 Å². The first kappa shape index (κ1) is 14.3. The molecule has 0 unspecified atom stereocenters. The van der Waals surface area contributed by atoms with Gasteiger partial charge in [0.1, 0.15) is 6.10 Å². The molecule has 5 nitrogen and oxygen atoms in total. The molecule has 0 aliphatic carbocycles. The van der Waals surface area contributed by atoms with Crippen molar-refractivity contribution in [3.05, 3.63) is 59.7 Å². The van der Waals surface area contributed by atoms with Crippen molar-refractivity contribution < 1.29 is 16.3 Å². The number of halogens is 1. The fourth-order valence-electron chi connectivity index (χ4n) is 2.56. The highest BCUT2D eigenvalue weighted by atomic mass is 35.5. The third-order valence-corrected chi connectivity index (χ3v) is 4.50. The van der Waals surface area contributed by atoms with E-state index < -0.39 is 16.5 Å². The second kappa shape index (κ2) is 5.31. The quantitative estimate of drug-likeness (QED) is 0.866. The first-order valence-corrected chi connectivity index (χ1v) is 7.83. The second-order valence-corrected chi connectivity index (χ2v) is 6.14. The third kappa shape index (κ3) is 2.51. The monoisotopic (exact) mass is 325 g/mol. The Kier molecular flexibility index (Phi) is 3.62. The minimum atomic E-state index is -4.28. The van der Waals surface area contributed by atoms with Crippen LogP contribution in [0.5, 0.6) is 0 Å². The molecule has 0 saturated heterocycles. The van der Waals surface area contributed by atoms with Crippen LogP contribution < -0.4 is 4.90 Å². The van der Waals surface area contributed by atoms with E-state index in [9.17, 15) is 8.42 Å². The number of para-hydroxylation sites is 2. The highest BCUT2D eigenvalue weighted by Crippen LogP contribution is 2.45. The lowest BCUT2D eigenvalue weighted by Crippen LogP contribution is -2.24. The molecule has 0 radical (unpaired) electrons. The summed E-state index contributed by atoms with van der Waals surface area (Å²) in [6.07, 6.45) is -0.794. The van der Waals surface area contributed by atoms with Crippen molar-refractivity contribution in [1.29, 1.82) is 0 Å². The van der Waals surface area contributed by atoms with Gasteiger partial charge in [0, 0.05) is 29.5 Å². The van der Waals surface area contributed by atoms with E-state index >= 15 is 0 Å². The fourth-order valence-corrected chi connectivity index (χ4v) is 3.12. The SMILES string of the molecule is CN1c2ccccc2C(OS(=O)(=O)OCl)c2ccccc21. The van der Waals surface area contributed by atoms with Crippen molar-refractivity contribution in [2.24, 2.45) is 0 Å². The van der Waals surface area contributed by atoms with Crippen LogP contribution in [0, 0.1) is 0 Å². The predicted octanol–water partition coefficient (Wildman–Crippen LogP) is 3.29. The van der Waals surface area contributed by atoms with Crippen LogP contribution in [0.4, 0.5) is 11.4 Å². The lowest BCUT2D eigenvalue weighted by molar-refractivity contribution is 0.223. The van der Waals surface area contributed by atoms with E-state index in [-0.39, 0.29) is 0 Å². The summed E-state index contributed by atoms with van der Waals surface area (Å²) in [5.74, 6) is 0. The zero-order valence-corrected chi connectivity index (χ0v) is 12.6. The average molecular weight is 326 g/mol. The molecule has 2 aromatic carbocycles. The minimum absolute atomic E-state index is 0.732. The van der Waals surface area contributed by atoms with Crippen LogP contribution in [-0.2, 0) is 18.3 Å². The number of hydrogen-bond acceptors (Lipinski definition) is 5. The molecule has 0 atom stereocenters. The van der Waals surface area contributed by atoms with Crippen LogP contribution >= 0.6 is 11.9 Å². The maximum Gasteiger partial charge on any atom is 0.417 e. The Hall–Kier alpha value is -1.60. The zero-order chi connectivity index (χ0) is 15.0. The Bertz CT molecular complexity index is 731. The Balaban J connectivity index is 2.18. The highest BCUT2D eigenvalue weighted by Gasteiger charge is 2.33. The smallest absolute Gasteiger partial charge is 0.344 e. The summed E-state index contributed by atoms with van der Waals surface area (Å²) in [5, 5.41) is 0. The van der Waals surface area contributed by atoms with Gasteiger partial charge in [0.2, 0.25) is 0 Å². The molecule has 110 valence electrons. The summed E-state index contributed by atoms with van der Waals surface area (Å²) in [6, 6.07) is 14.8. The van der Waals surface area contributed by atoms with Crippen molar-refractivity contribution in [3.63, 3.8) is 0 Å². The summed E-state index contributed by atoms with van der Waals surface area (Å²) in [7, 11) is -2.36. The topological polar surface area (TPSA) is 55.8 Å². The van der Waals surface area contributed by atoms with Gasteiger partial charge in [-0.3, -0.25) is 0 Å². The normalized spacial score (nSPS) is 14.7. The second-order valence-electron chi connectivity index (χ2n) is 4.62. The van der Waals surface area contributed by atoms with Crippen LogP contribution in [0.1, 0.15) is 17.2 Å². The fraction of sp³-hybridized carbons (Fsp3) is 0.143.